The molecule has 1 atom stereocenters. The summed E-state index contributed by atoms with van der Waals surface area (Å²) in [7, 11) is 0. The molecule has 0 aliphatic carbocycles. The van der Waals surface area contributed by atoms with Crippen LogP contribution in [0, 0.1) is 0 Å². The van der Waals surface area contributed by atoms with E-state index in [1.165, 1.54) is 0 Å². The summed E-state index contributed by atoms with van der Waals surface area (Å²) >= 11 is 0. The molecule has 0 spiro atoms. The smallest absolute Gasteiger partial charge is 0.434 e. The van der Waals surface area contributed by atoms with Crippen molar-refractivity contribution in [3.05, 3.63) is 46.3 Å². The van der Waals surface area contributed by atoms with E-state index in [0.717, 1.165) is 17.7 Å². The number of ether oxygens (including phenoxy) is 1. The summed E-state index contributed by atoms with van der Waals surface area (Å²) in [5, 5.41) is 6.09. The number of hydrogen-bond donors (Lipinski definition) is 1. The molecule has 1 unspecified atom stereocenters. The Bertz CT molecular complexity index is 558. The minimum atomic E-state index is -0.520. The van der Waals surface area contributed by atoms with E-state index in [0.29, 0.717) is 12.5 Å². The fraction of sp³-hybridized carbons (Fsp3) is 0.273. The first kappa shape index (κ1) is 9.21. The first-order valence-corrected chi connectivity index (χ1v) is 5.09. The highest BCUT2D eigenvalue weighted by molar-refractivity contribution is 5.36. The molecular weight excluding hydrogens is 208 g/mol. The molecule has 1 N–H and O–H groups in total. The molecule has 0 radical (unpaired) electrons. The SMILES string of the molecule is O=c1[nH]nc(C2COc3ccccc3C2)o1. The summed E-state index contributed by atoms with van der Waals surface area (Å²) in [4.78, 5) is 10.9. The molecule has 2 aromatic rings. The van der Waals surface area contributed by atoms with Gasteiger partial charge in [0.05, 0.1) is 5.92 Å². The summed E-state index contributed by atoms with van der Waals surface area (Å²) in [6.07, 6.45) is 0.782. The van der Waals surface area contributed by atoms with Crippen LogP contribution >= 0.6 is 0 Å². The largest absolute Gasteiger partial charge is 0.492 e. The Balaban J connectivity index is 1.90. The van der Waals surface area contributed by atoms with E-state index in [2.05, 4.69) is 10.2 Å². The molecule has 3 rings (SSSR count). The van der Waals surface area contributed by atoms with Crippen molar-refractivity contribution in [3.63, 3.8) is 0 Å². The maximum Gasteiger partial charge on any atom is 0.434 e. The first-order chi connectivity index (χ1) is 7.83. The van der Waals surface area contributed by atoms with Gasteiger partial charge in [0.15, 0.2) is 0 Å². The van der Waals surface area contributed by atoms with Crippen molar-refractivity contribution in [1.29, 1.82) is 0 Å². The molecule has 5 nitrogen and oxygen atoms in total. The third kappa shape index (κ3) is 1.50. The van der Waals surface area contributed by atoms with E-state index in [4.69, 9.17) is 9.15 Å². The third-order valence-electron chi connectivity index (χ3n) is 2.68. The minimum Gasteiger partial charge on any atom is -0.492 e. The van der Waals surface area contributed by atoms with Crippen molar-refractivity contribution in [1.82, 2.24) is 10.2 Å². The number of hydrogen-bond acceptors (Lipinski definition) is 4. The molecule has 82 valence electrons. The van der Waals surface area contributed by atoms with Crippen LogP contribution in [0.3, 0.4) is 0 Å². The zero-order valence-electron chi connectivity index (χ0n) is 8.47. The van der Waals surface area contributed by atoms with Gasteiger partial charge in [-0.1, -0.05) is 18.2 Å². The maximum absolute atomic E-state index is 10.9. The Morgan fingerprint density at radius 2 is 2.25 bits per heavy atom. The number of benzene rings is 1. The van der Waals surface area contributed by atoms with Gasteiger partial charge in [0, 0.05) is 0 Å². The molecular formula is C11H10N2O3. The van der Waals surface area contributed by atoms with Crippen LogP contribution in [0.15, 0.2) is 33.5 Å². The molecule has 0 fully saturated rings. The molecule has 1 aromatic carbocycles. The van der Waals surface area contributed by atoms with Crippen LogP contribution in [-0.2, 0) is 6.42 Å². The number of nitrogens with one attached hydrogen (secondary N) is 1. The second kappa shape index (κ2) is 3.52. The van der Waals surface area contributed by atoms with E-state index in [1.807, 2.05) is 24.3 Å². The number of aromatic amines is 1. The monoisotopic (exact) mass is 218 g/mol. The number of aromatic nitrogens is 2. The van der Waals surface area contributed by atoms with Gasteiger partial charge in [-0.3, -0.25) is 0 Å². The molecule has 1 aromatic heterocycles. The second-order valence-corrected chi connectivity index (χ2v) is 3.77. The second-order valence-electron chi connectivity index (χ2n) is 3.77. The first-order valence-electron chi connectivity index (χ1n) is 5.09. The number of rotatable bonds is 1. The van der Waals surface area contributed by atoms with Crippen LogP contribution in [0.5, 0.6) is 5.75 Å². The van der Waals surface area contributed by atoms with Crippen molar-refractivity contribution < 1.29 is 9.15 Å². The lowest BCUT2D eigenvalue weighted by Crippen LogP contribution is -2.19. The molecule has 5 heteroatoms. The van der Waals surface area contributed by atoms with E-state index >= 15 is 0 Å². The summed E-state index contributed by atoms with van der Waals surface area (Å²) in [6, 6.07) is 7.84. The van der Waals surface area contributed by atoms with Crippen molar-refractivity contribution in [2.75, 3.05) is 6.61 Å². The number of H-pyrrole nitrogens is 1. The van der Waals surface area contributed by atoms with E-state index in [9.17, 15) is 4.79 Å². The summed E-state index contributed by atoms with van der Waals surface area (Å²) in [5.41, 5.74) is 1.12. The van der Waals surface area contributed by atoms with Gasteiger partial charge in [0.25, 0.3) is 0 Å². The van der Waals surface area contributed by atoms with Crippen LogP contribution in [0.2, 0.25) is 0 Å². The molecule has 0 bridgehead atoms. The zero-order valence-corrected chi connectivity index (χ0v) is 8.47. The van der Waals surface area contributed by atoms with Crippen LogP contribution in [0.4, 0.5) is 0 Å². The molecule has 1 aliphatic rings. The summed E-state index contributed by atoms with van der Waals surface area (Å²) in [5.74, 6) is 0.804. The highest BCUT2D eigenvalue weighted by Crippen LogP contribution is 2.30. The predicted octanol–water partition coefficient (Wildman–Crippen LogP) is 1.08. The van der Waals surface area contributed by atoms with Gasteiger partial charge in [0.1, 0.15) is 12.4 Å². The average molecular weight is 218 g/mol. The standard InChI is InChI=1S/C11H10N2O3/c14-11-13-12-10(16-11)8-5-7-3-1-2-4-9(7)15-6-8/h1-4,8H,5-6H2,(H,13,14). The van der Waals surface area contributed by atoms with Crippen molar-refractivity contribution in [3.8, 4) is 5.75 Å². The molecule has 2 heterocycles. The molecule has 0 saturated carbocycles. The Labute approximate surface area is 91.1 Å². The Morgan fingerprint density at radius 3 is 3.06 bits per heavy atom. The van der Waals surface area contributed by atoms with Gasteiger partial charge < -0.3 is 9.15 Å². The van der Waals surface area contributed by atoms with E-state index < -0.39 is 5.76 Å². The van der Waals surface area contributed by atoms with Crippen LogP contribution in [0.1, 0.15) is 17.4 Å². The summed E-state index contributed by atoms with van der Waals surface area (Å²) in [6.45, 7) is 0.491. The predicted molar refractivity (Wildman–Crippen MR) is 55.5 cm³/mol. The van der Waals surface area contributed by atoms with E-state index in [1.54, 1.807) is 0 Å². The quantitative estimate of drug-likeness (QED) is 0.777. The van der Waals surface area contributed by atoms with Gasteiger partial charge in [0.2, 0.25) is 5.89 Å². The Morgan fingerprint density at radius 1 is 1.38 bits per heavy atom. The summed E-state index contributed by atoms with van der Waals surface area (Å²) < 4.78 is 10.5. The molecule has 16 heavy (non-hydrogen) atoms. The molecule has 0 saturated heterocycles. The van der Waals surface area contributed by atoms with E-state index in [-0.39, 0.29) is 5.92 Å². The van der Waals surface area contributed by atoms with Crippen molar-refractivity contribution >= 4 is 0 Å². The number of fused-ring (bicyclic) bond motifs is 1. The fourth-order valence-electron chi connectivity index (χ4n) is 1.90. The van der Waals surface area contributed by atoms with Crippen LogP contribution in [0.25, 0.3) is 0 Å². The van der Waals surface area contributed by atoms with Gasteiger partial charge in [-0.2, -0.15) is 0 Å². The van der Waals surface area contributed by atoms with Crippen LogP contribution in [-0.4, -0.2) is 16.8 Å². The third-order valence-corrected chi connectivity index (χ3v) is 2.68. The van der Waals surface area contributed by atoms with Crippen molar-refractivity contribution in [2.45, 2.75) is 12.3 Å². The lowest BCUT2D eigenvalue weighted by molar-refractivity contribution is 0.239. The van der Waals surface area contributed by atoms with Gasteiger partial charge in [-0.05, 0) is 18.1 Å². The highest BCUT2D eigenvalue weighted by Gasteiger charge is 2.24. The minimum absolute atomic E-state index is 0.00819. The maximum atomic E-state index is 10.9. The number of para-hydroxylation sites is 1. The van der Waals surface area contributed by atoms with Gasteiger partial charge in [-0.25, -0.2) is 9.89 Å². The fourth-order valence-corrected chi connectivity index (χ4v) is 1.90. The van der Waals surface area contributed by atoms with Crippen LogP contribution < -0.4 is 10.5 Å². The topological polar surface area (TPSA) is 68.1 Å². The Kier molecular flexibility index (Phi) is 2.02. The molecule has 1 aliphatic heterocycles. The van der Waals surface area contributed by atoms with Crippen molar-refractivity contribution in [2.24, 2.45) is 0 Å². The number of nitrogens with zero attached hydrogens (tertiary/aromatic N) is 1. The lowest BCUT2D eigenvalue weighted by atomic mass is 9.97. The zero-order chi connectivity index (χ0) is 11.0. The Hall–Kier alpha value is -2.04. The average Bonchev–Trinajstić information content (AvgIpc) is 2.75. The molecule has 0 amide bonds. The lowest BCUT2D eigenvalue weighted by Gasteiger charge is -2.22. The highest BCUT2D eigenvalue weighted by atomic mass is 16.5. The van der Waals surface area contributed by atoms with Gasteiger partial charge in [-0.15, -0.1) is 5.10 Å². The normalized spacial score (nSPS) is 18.9. The van der Waals surface area contributed by atoms with Gasteiger partial charge >= 0.3 is 5.76 Å².